The van der Waals surface area contributed by atoms with E-state index in [1.807, 2.05) is 18.7 Å². The fourth-order valence-corrected chi connectivity index (χ4v) is 3.96. The summed E-state index contributed by atoms with van der Waals surface area (Å²) in [6, 6.07) is 0. The average molecular weight is 287 g/mol. The van der Waals surface area contributed by atoms with Crippen LogP contribution in [0.15, 0.2) is 0 Å². The molecule has 2 aromatic rings. The number of aromatic nitrogens is 2. The smallest absolute Gasteiger partial charge is 0.264 e. The van der Waals surface area contributed by atoms with E-state index < -0.39 is 0 Å². The minimum Gasteiger partial charge on any atom is -0.338 e. The van der Waals surface area contributed by atoms with Gasteiger partial charge in [-0.3, -0.25) is 4.79 Å². The van der Waals surface area contributed by atoms with Crippen LogP contribution in [0.5, 0.6) is 0 Å². The number of fused-ring (bicyclic) bond motifs is 1. The molecule has 0 bridgehead atoms. The lowest BCUT2D eigenvalue weighted by Gasteiger charge is -2.30. The van der Waals surface area contributed by atoms with Crippen LogP contribution in [0.25, 0.3) is 10.2 Å². The fourth-order valence-electron chi connectivity index (χ4n) is 2.75. The zero-order chi connectivity index (χ0) is 13.9. The van der Waals surface area contributed by atoms with Gasteiger partial charge in [0.2, 0.25) is 0 Å². The molecule has 1 saturated carbocycles. The van der Waals surface area contributed by atoms with Crippen LogP contribution in [0.2, 0.25) is 0 Å². The minimum atomic E-state index is 0.170. The van der Waals surface area contributed by atoms with Gasteiger partial charge in [-0.1, -0.05) is 0 Å². The zero-order valence-corrected chi connectivity index (χ0v) is 12.6. The number of hydrogen-bond acceptors (Lipinski definition) is 4. The van der Waals surface area contributed by atoms with Crippen molar-refractivity contribution in [3.63, 3.8) is 0 Å². The van der Waals surface area contributed by atoms with Gasteiger partial charge in [-0.05, 0) is 38.7 Å². The SMILES string of the molecule is Cc1nc(C2CC2)nc2sc(C(=O)N3CCC3)c(C)c12. The number of nitrogens with zero attached hydrogens (tertiary/aromatic N) is 3. The van der Waals surface area contributed by atoms with E-state index in [4.69, 9.17) is 4.98 Å². The third-order valence-corrected chi connectivity index (χ3v) is 5.44. The van der Waals surface area contributed by atoms with Crippen molar-refractivity contribution in [3.8, 4) is 0 Å². The van der Waals surface area contributed by atoms with Crippen LogP contribution in [0.1, 0.15) is 51.9 Å². The van der Waals surface area contributed by atoms with Gasteiger partial charge in [0.05, 0.1) is 10.6 Å². The topological polar surface area (TPSA) is 46.1 Å². The van der Waals surface area contributed by atoms with Crippen LogP contribution in [0.4, 0.5) is 0 Å². The highest BCUT2D eigenvalue weighted by Gasteiger charge is 2.30. The molecule has 0 aromatic carbocycles. The lowest BCUT2D eigenvalue weighted by Crippen LogP contribution is -2.41. The molecule has 4 rings (SSSR count). The molecule has 1 aliphatic heterocycles. The van der Waals surface area contributed by atoms with Gasteiger partial charge in [-0.25, -0.2) is 9.97 Å². The quantitative estimate of drug-likeness (QED) is 0.853. The molecule has 5 heteroatoms. The van der Waals surface area contributed by atoms with Crippen molar-refractivity contribution in [1.29, 1.82) is 0 Å². The summed E-state index contributed by atoms with van der Waals surface area (Å²) in [4.78, 5) is 25.6. The first-order valence-corrected chi connectivity index (χ1v) is 8.03. The van der Waals surface area contributed by atoms with Crippen LogP contribution < -0.4 is 0 Å². The molecular formula is C15H17N3OS. The second-order valence-corrected chi connectivity index (χ2v) is 6.82. The summed E-state index contributed by atoms with van der Waals surface area (Å²) in [5.41, 5.74) is 2.08. The number of aryl methyl sites for hydroxylation is 2. The maximum absolute atomic E-state index is 12.4. The van der Waals surface area contributed by atoms with Crippen LogP contribution in [0.3, 0.4) is 0 Å². The highest BCUT2D eigenvalue weighted by molar-refractivity contribution is 7.20. The van der Waals surface area contributed by atoms with E-state index in [1.54, 1.807) is 11.3 Å². The van der Waals surface area contributed by atoms with Crippen molar-refractivity contribution in [2.75, 3.05) is 13.1 Å². The van der Waals surface area contributed by atoms with Crippen LogP contribution in [0, 0.1) is 13.8 Å². The third kappa shape index (κ3) is 1.76. The highest BCUT2D eigenvalue weighted by atomic mass is 32.1. The van der Waals surface area contributed by atoms with Gasteiger partial charge >= 0.3 is 0 Å². The van der Waals surface area contributed by atoms with Gasteiger partial charge in [0, 0.05) is 24.4 Å². The predicted octanol–water partition coefficient (Wildman–Crippen LogP) is 3.03. The Morgan fingerprint density at radius 2 is 2.00 bits per heavy atom. The van der Waals surface area contributed by atoms with Gasteiger partial charge < -0.3 is 4.90 Å². The Hall–Kier alpha value is -1.49. The van der Waals surface area contributed by atoms with Gasteiger partial charge in [0.1, 0.15) is 10.7 Å². The van der Waals surface area contributed by atoms with E-state index in [-0.39, 0.29) is 5.91 Å². The molecule has 0 N–H and O–H groups in total. The van der Waals surface area contributed by atoms with Crippen LogP contribution >= 0.6 is 11.3 Å². The second-order valence-electron chi connectivity index (χ2n) is 5.82. The molecule has 0 radical (unpaired) electrons. The van der Waals surface area contributed by atoms with E-state index in [9.17, 15) is 4.79 Å². The van der Waals surface area contributed by atoms with E-state index in [1.165, 1.54) is 12.8 Å². The van der Waals surface area contributed by atoms with Crippen molar-refractivity contribution in [3.05, 3.63) is 22.0 Å². The highest BCUT2D eigenvalue weighted by Crippen LogP contribution is 2.40. The Bertz CT molecular complexity index is 713. The zero-order valence-electron chi connectivity index (χ0n) is 11.8. The number of likely N-dealkylation sites (tertiary alicyclic amines) is 1. The number of hydrogen-bond donors (Lipinski definition) is 0. The van der Waals surface area contributed by atoms with Gasteiger partial charge in [0.25, 0.3) is 5.91 Å². The summed E-state index contributed by atoms with van der Waals surface area (Å²) in [7, 11) is 0. The van der Waals surface area contributed by atoms with Crippen molar-refractivity contribution < 1.29 is 4.79 Å². The number of amides is 1. The normalized spacial score (nSPS) is 18.4. The van der Waals surface area contributed by atoms with E-state index >= 15 is 0 Å². The first kappa shape index (κ1) is 12.3. The van der Waals surface area contributed by atoms with E-state index in [0.717, 1.165) is 51.7 Å². The Morgan fingerprint density at radius 1 is 1.25 bits per heavy atom. The Balaban J connectivity index is 1.84. The number of carbonyl (C=O) groups excluding carboxylic acids is 1. The first-order valence-electron chi connectivity index (χ1n) is 7.22. The average Bonchev–Trinajstić information content (AvgIpc) is 3.12. The number of carbonyl (C=O) groups is 1. The fraction of sp³-hybridized carbons (Fsp3) is 0.533. The molecule has 1 saturated heterocycles. The minimum absolute atomic E-state index is 0.170. The summed E-state index contributed by atoms with van der Waals surface area (Å²) in [6.45, 7) is 5.85. The molecule has 2 aromatic heterocycles. The van der Waals surface area contributed by atoms with Gasteiger partial charge in [-0.2, -0.15) is 0 Å². The van der Waals surface area contributed by atoms with E-state index in [0.29, 0.717) is 5.92 Å². The molecule has 1 amide bonds. The summed E-state index contributed by atoms with van der Waals surface area (Å²) < 4.78 is 0. The molecule has 0 spiro atoms. The van der Waals surface area contributed by atoms with Gasteiger partial charge in [0.15, 0.2) is 0 Å². The van der Waals surface area contributed by atoms with Crippen molar-refractivity contribution in [2.45, 2.75) is 39.0 Å². The van der Waals surface area contributed by atoms with Crippen LogP contribution in [-0.2, 0) is 0 Å². The van der Waals surface area contributed by atoms with Crippen LogP contribution in [-0.4, -0.2) is 33.9 Å². The molecule has 3 heterocycles. The van der Waals surface area contributed by atoms with Gasteiger partial charge in [-0.15, -0.1) is 11.3 Å². The molecule has 20 heavy (non-hydrogen) atoms. The molecule has 104 valence electrons. The maximum atomic E-state index is 12.4. The van der Waals surface area contributed by atoms with Crippen molar-refractivity contribution in [2.24, 2.45) is 0 Å². The molecule has 0 atom stereocenters. The molecule has 4 nitrogen and oxygen atoms in total. The third-order valence-electron chi connectivity index (χ3n) is 4.27. The molecule has 0 unspecified atom stereocenters. The summed E-state index contributed by atoms with van der Waals surface area (Å²) in [6.07, 6.45) is 3.53. The number of thiophene rings is 1. The second kappa shape index (κ2) is 4.25. The molecule has 1 aliphatic carbocycles. The molecule has 2 aliphatic rings. The molecule has 2 fully saturated rings. The van der Waals surface area contributed by atoms with Crippen molar-refractivity contribution in [1.82, 2.24) is 14.9 Å². The Kier molecular flexibility index (Phi) is 2.61. The standard InChI is InChI=1S/C15H17N3OS/c1-8-11-9(2)16-13(10-4-5-10)17-14(11)20-12(8)15(19)18-6-3-7-18/h10H,3-7H2,1-2H3. The monoisotopic (exact) mass is 287 g/mol. The summed E-state index contributed by atoms with van der Waals surface area (Å²) >= 11 is 1.54. The lowest BCUT2D eigenvalue weighted by atomic mass is 10.1. The molecular weight excluding hydrogens is 270 g/mol. The summed E-state index contributed by atoms with van der Waals surface area (Å²) in [5.74, 6) is 1.69. The Labute approximate surface area is 121 Å². The van der Waals surface area contributed by atoms with E-state index in [2.05, 4.69) is 4.98 Å². The lowest BCUT2D eigenvalue weighted by molar-refractivity contribution is 0.0656. The Morgan fingerprint density at radius 3 is 2.60 bits per heavy atom. The summed E-state index contributed by atoms with van der Waals surface area (Å²) in [5, 5.41) is 1.09. The van der Waals surface area contributed by atoms with Crippen molar-refractivity contribution >= 4 is 27.5 Å². The number of rotatable bonds is 2. The first-order chi connectivity index (χ1) is 9.65. The maximum Gasteiger partial charge on any atom is 0.264 e. The largest absolute Gasteiger partial charge is 0.338 e. The predicted molar refractivity (Wildman–Crippen MR) is 79.4 cm³/mol.